The summed E-state index contributed by atoms with van der Waals surface area (Å²) in [7, 11) is 1.49. The van der Waals surface area contributed by atoms with E-state index in [1.54, 1.807) is 4.80 Å². The second-order valence-electron chi connectivity index (χ2n) is 8.02. The molecule has 0 saturated carbocycles. The molecule has 0 fully saturated rings. The molecule has 7 heteroatoms. The number of hydrogen-bond acceptors (Lipinski definition) is 6. The van der Waals surface area contributed by atoms with E-state index >= 15 is 0 Å². The highest BCUT2D eigenvalue weighted by Gasteiger charge is 2.25. The Hall–Kier alpha value is -2.48. The van der Waals surface area contributed by atoms with Crippen LogP contribution in [-0.2, 0) is 16.6 Å². The van der Waals surface area contributed by atoms with Crippen LogP contribution >= 0.6 is 0 Å². The molecule has 0 radical (unpaired) electrons. The first-order valence-electron chi connectivity index (χ1n) is 9.78. The first-order chi connectivity index (χ1) is 13.8. The van der Waals surface area contributed by atoms with Crippen molar-refractivity contribution in [1.82, 2.24) is 15.0 Å². The molecule has 0 bridgehead atoms. The molecule has 0 amide bonds. The first-order valence-corrected chi connectivity index (χ1v) is 9.78. The summed E-state index contributed by atoms with van der Waals surface area (Å²) in [4.78, 5) is 1.59. The third-order valence-electron chi connectivity index (χ3n) is 4.73. The number of nitrogens with zero attached hydrogens (tertiary/aromatic N) is 3. The van der Waals surface area contributed by atoms with Gasteiger partial charge in [0.2, 0.25) is 0 Å². The normalized spacial score (nSPS) is 13.0. The fourth-order valence-corrected chi connectivity index (χ4v) is 3.20. The summed E-state index contributed by atoms with van der Waals surface area (Å²) in [6.45, 7) is 6.42. The zero-order valence-corrected chi connectivity index (χ0v) is 17.4. The van der Waals surface area contributed by atoms with Gasteiger partial charge in [-0.05, 0) is 35.6 Å². The highest BCUT2D eigenvalue weighted by molar-refractivity contribution is 5.73. The summed E-state index contributed by atoms with van der Waals surface area (Å²) in [6.07, 6.45) is 0.295. The van der Waals surface area contributed by atoms with Gasteiger partial charge in [-0.3, -0.25) is 0 Å². The van der Waals surface area contributed by atoms with Crippen molar-refractivity contribution in [2.45, 2.75) is 45.3 Å². The number of fused-ring (bicyclic) bond motifs is 1. The Morgan fingerprint density at radius 1 is 1.10 bits per heavy atom. The number of ether oxygens (including phenoxy) is 2. The van der Waals surface area contributed by atoms with Crippen molar-refractivity contribution in [3.05, 3.63) is 47.5 Å². The van der Waals surface area contributed by atoms with Crippen LogP contribution in [0, 0.1) is 0 Å². The van der Waals surface area contributed by atoms with Crippen LogP contribution in [0.2, 0.25) is 0 Å². The predicted octanol–water partition coefficient (Wildman–Crippen LogP) is 2.99. The Bertz CT molecular complexity index is 929. The smallest absolute Gasteiger partial charge is 0.154 e. The molecule has 2 aromatic carbocycles. The Morgan fingerprint density at radius 3 is 2.31 bits per heavy atom. The van der Waals surface area contributed by atoms with Gasteiger partial charge in [0.15, 0.2) is 12.0 Å². The first kappa shape index (κ1) is 21.2. The van der Waals surface area contributed by atoms with Gasteiger partial charge in [0.25, 0.3) is 0 Å². The van der Waals surface area contributed by atoms with E-state index in [0.29, 0.717) is 24.3 Å². The van der Waals surface area contributed by atoms with Gasteiger partial charge in [-0.1, -0.05) is 39.0 Å². The number of aliphatic hydroxyl groups excluding tert-OH is 2. The van der Waals surface area contributed by atoms with Gasteiger partial charge in [-0.15, -0.1) is 15.0 Å². The van der Waals surface area contributed by atoms with Crippen molar-refractivity contribution in [1.29, 1.82) is 0 Å². The van der Waals surface area contributed by atoms with Crippen LogP contribution in [0.25, 0.3) is 16.7 Å². The molecule has 1 heterocycles. The van der Waals surface area contributed by atoms with Gasteiger partial charge in [-0.2, -0.15) is 0 Å². The van der Waals surface area contributed by atoms with Crippen LogP contribution in [0.5, 0.6) is 5.75 Å². The van der Waals surface area contributed by atoms with Crippen LogP contribution in [0.15, 0.2) is 36.4 Å². The quantitative estimate of drug-likeness (QED) is 0.566. The molecule has 2 N–H and O–H groups in total. The average Bonchev–Trinajstić information content (AvgIpc) is 3.13. The summed E-state index contributed by atoms with van der Waals surface area (Å²) in [5, 5.41) is 28.3. The average molecular weight is 399 g/mol. The molecule has 0 aliphatic heterocycles. The predicted molar refractivity (Wildman–Crippen MR) is 111 cm³/mol. The zero-order chi connectivity index (χ0) is 21.0. The lowest BCUT2D eigenvalue weighted by molar-refractivity contribution is -0.0777. The maximum atomic E-state index is 9.80. The molecule has 0 spiro atoms. The van der Waals surface area contributed by atoms with Crippen LogP contribution in [0.4, 0.5) is 0 Å². The number of hydrogen-bond donors (Lipinski definition) is 2. The van der Waals surface area contributed by atoms with E-state index < -0.39 is 6.29 Å². The number of benzene rings is 2. The topological polar surface area (TPSA) is 89.6 Å². The van der Waals surface area contributed by atoms with Crippen molar-refractivity contribution >= 4 is 11.0 Å². The lowest BCUT2D eigenvalue weighted by atomic mass is 9.84. The summed E-state index contributed by atoms with van der Waals surface area (Å²) in [5.41, 5.74) is 4.10. The number of aromatic nitrogens is 3. The zero-order valence-electron chi connectivity index (χ0n) is 17.4. The number of rotatable bonds is 8. The summed E-state index contributed by atoms with van der Waals surface area (Å²) in [5.74, 6) is 0.655. The Morgan fingerprint density at radius 2 is 1.76 bits per heavy atom. The highest BCUT2D eigenvalue weighted by atomic mass is 16.6. The number of aliphatic hydroxyl groups is 2. The van der Waals surface area contributed by atoms with Crippen molar-refractivity contribution in [3.63, 3.8) is 0 Å². The third-order valence-corrected chi connectivity index (χ3v) is 4.73. The van der Waals surface area contributed by atoms with Gasteiger partial charge in [0, 0.05) is 19.1 Å². The van der Waals surface area contributed by atoms with E-state index in [1.165, 1.54) is 7.11 Å². The van der Waals surface area contributed by atoms with Crippen molar-refractivity contribution in [2.75, 3.05) is 20.3 Å². The molecule has 1 atom stereocenters. The number of aryl methyl sites for hydroxylation is 1. The fraction of sp³-hybridized carbons (Fsp3) is 0.455. The minimum atomic E-state index is -0.813. The Balaban J connectivity index is 2.15. The van der Waals surface area contributed by atoms with E-state index in [0.717, 1.165) is 22.2 Å². The number of methoxy groups -OCH3 is 1. The Labute approximate surface area is 170 Å². The minimum absolute atomic E-state index is 0.0840. The molecule has 1 aromatic heterocycles. The summed E-state index contributed by atoms with van der Waals surface area (Å²) < 4.78 is 10.9. The minimum Gasteiger partial charge on any atom is -0.489 e. The van der Waals surface area contributed by atoms with E-state index in [-0.39, 0.29) is 18.6 Å². The van der Waals surface area contributed by atoms with Crippen molar-refractivity contribution in [3.8, 4) is 11.4 Å². The monoisotopic (exact) mass is 399 g/mol. The largest absolute Gasteiger partial charge is 0.489 e. The van der Waals surface area contributed by atoms with Crippen LogP contribution in [0.1, 0.15) is 38.3 Å². The summed E-state index contributed by atoms with van der Waals surface area (Å²) >= 11 is 0. The highest BCUT2D eigenvalue weighted by Crippen LogP contribution is 2.37. The molecule has 3 aromatic rings. The Kier molecular flexibility index (Phi) is 6.52. The molecule has 0 aliphatic carbocycles. The standard InChI is InChI=1S/C22H29N3O4/c1-22(2,3)16-13-15(9-10-20(27)28-4)14-19(21(16)29-12-11-26)25-23-17-7-5-6-8-18(17)24-25/h5-8,13-14,20,26-27H,9-12H2,1-4H3. The third kappa shape index (κ3) is 4.93. The second kappa shape index (κ2) is 8.90. The van der Waals surface area contributed by atoms with Gasteiger partial charge < -0.3 is 19.7 Å². The maximum absolute atomic E-state index is 9.80. The molecule has 29 heavy (non-hydrogen) atoms. The lowest BCUT2D eigenvalue weighted by Crippen LogP contribution is -2.18. The van der Waals surface area contributed by atoms with Crippen LogP contribution < -0.4 is 4.74 Å². The van der Waals surface area contributed by atoms with Gasteiger partial charge in [0.05, 0.1) is 6.61 Å². The van der Waals surface area contributed by atoms with Crippen molar-refractivity contribution < 1.29 is 19.7 Å². The van der Waals surface area contributed by atoms with Crippen molar-refractivity contribution in [2.24, 2.45) is 0 Å². The maximum Gasteiger partial charge on any atom is 0.154 e. The molecule has 0 saturated heterocycles. The molecular weight excluding hydrogens is 370 g/mol. The molecule has 1 unspecified atom stereocenters. The van der Waals surface area contributed by atoms with Crippen LogP contribution in [-0.4, -0.2) is 51.8 Å². The van der Waals surface area contributed by atoms with E-state index in [4.69, 9.17) is 9.47 Å². The SMILES string of the molecule is COC(O)CCc1cc(-n2nc3ccccc3n2)c(OCCO)c(C(C)(C)C)c1. The summed E-state index contributed by atoms with van der Waals surface area (Å²) in [6, 6.07) is 11.7. The molecule has 7 nitrogen and oxygen atoms in total. The van der Waals surface area contributed by atoms with E-state index in [2.05, 4.69) is 37.0 Å². The second-order valence-corrected chi connectivity index (χ2v) is 8.02. The van der Waals surface area contributed by atoms with Gasteiger partial charge in [0.1, 0.15) is 23.3 Å². The fourth-order valence-electron chi connectivity index (χ4n) is 3.20. The van der Waals surface area contributed by atoms with Gasteiger partial charge in [-0.25, -0.2) is 0 Å². The molecule has 3 rings (SSSR count). The van der Waals surface area contributed by atoms with Crippen LogP contribution in [0.3, 0.4) is 0 Å². The lowest BCUT2D eigenvalue weighted by Gasteiger charge is -2.26. The van der Waals surface area contributed by atoms with E-state index in [1.807, 2.05) is 30.3 Å². The van der Waals surface area contributed by atoms with E-state index in [9.17, 15) is 10.2 Å². The molecular formula is C22H29N3O4. The molecule has 156 valence electrons. The molecule has 0 aliphatic rings. The van der Waals surface area contributed by atoms with Gasteiger partial charge >= 0.3 is 0 Å².